The molecule has 0 unspecified atom stereocenters. The van der Waals surface area contributed by atoms with E-state index in [4.69, 9.17) is 11.5 Å². The highest BCUT2D eigenvalue weighted by molar-refractivity contribution is 7.98. The number of nitrogen functional groups attached to an aromatic ring is 2. The Kier molecular flexibility index (Phi) is 2.01. The summed E-state index contributed by atoms with van der Waals surface area (Å²) in [6, 6.07) is 3.60. The van der Waals surface area contributed by atoms with E-state index in [1.807, 2.05) is 12.3 Å². The van der Waals surface area contributed by atoms with Gasteiger partial charge < -0.3 is 11.5 Å². The minimum Gasteiger partial charge on any atom is -0.396 e. The number of nitrogens with zero attached hydrogens (tertiary/aromatic N) is 1. The smallest absolute Gasteiger partial charge is 0.147 e. The molecule has 54 valence electrons. The summed E-state index contributed by atoms with van der Waals surface area (Å²) in [5.74, 6) is 0.409. The fourth-order valence-electron chi connectivity index (χ4n) is 0.581. The molecule has 0 saturated heterocycles. The highest BCUT2D eigenvalue weighted by atomic mass is 32.2. The van der Waals surface area contributed by atoms with Gasteiger partial charge in [0.15, 0.2) is 0 Å². The van der Waals surface area contributed by atoms with Crippen LogP contribution in [0.15, 0.2) is 17.2 Å². The van der Waals surface area contributed by atoms with Crippen LogP contribution in [0.1, 0.15) is 0 Å². The number of aromatic nitrogens is 1. The Morgan fingerprint density at radius 3 is 2.60 bits per heavy atom. The maximum Gasteiger partial charge on any atom is 0.147 e. The lowest BCUT2D eigenvalue weighted by Crippen LogP contribution is -1.97. The quantitative estimate of drug-likeness (QED) is 0.593. The van der Waals surface area contributed by atoms with Crippen molar-refractivity contribution in [2.75, 3.05) is 17.7 Å². The van der Waals surface area contributed by atoms with E-state index in [1.165, 1.54) is 0 Å². The van der Waals surface area contributed by atoms with Crippen molar-refractivity contribution in [2.45, 2.75) is 5.03 Å². The third-order valence-electron chi connectivity index (χ3n) is 1.14. The normalized spacial score (nSPS) is 9.70. The van der Waals surface area contributed by atoms with E-state index in [0.29, 0.717) is 11.5 Å². The predicted octanol–water partition coefficient (Wildman–Crippen LogP) is 0.968. The fourth-order valence-corrected chi connectivity index (χ4v) is 0.974. The average Bonchev–Trinajstić information content (AvgIpc) is 1.95. The number of thioether (sulfide) groups is 1. The maximum absolute atomic E-state index is 5.45. The molecular weight excluding hydrogens is 146 g/mol. The highest BCUT2D eigenvalue weighted by Gasteiger charge is 1.95. The van der Waals surface area contributed by atoms with Gasteiger partial charge in [-0.1, -0.05) is 0 Å². The van der Waals surface area contributed by atoms with Crippen molar-refractivity contribution in [2.24, 2.45) is 0 Å². The van der Waals surface area contributed by atoms with Crippen LogP contribution in [-0.2, 0) is 0 Å². The molecule has 0 aliphatic rings. The van der Waals surface area contributed by atoms with Crippen molar-refractivity contribution in [3.05, 3.63) is 12.1 Å². The van der Waals surface area contributed by atoms with Gasteiger partial charge in [-0.3, -0.25) is 0 Å². The molecule has 0 bridgehead atoms. The largest absolute Gasteiger partial charge is 0.396 e. The zero-order valence-electron chi connectivity index (χ0n) is 5.66. The monoisotopic (exact) mass is 155 g/mol. The van der Waals surface area contributed by atoms with Gasteiger partial charge in [-0.15, -0.1) is 11.8 Å². The molecule has 0 aliphatic heterocycles. The SMILES string of the molecule is CSc1ccc(N)c(N)n1. The van der Waals surface area contributed by atoms with Crippen molar-refractivity contribution < 1.29 is 0 Å². The summed E-state index contributed by atoms with van der Waals surface area (Å²) in [6.07, 6.45) is 1.94. The number of nitrogens with two attached hydrogens (primary N) is 2. The summed E-state index contributed by atoms with van der Waals surface area (Å²) in [5.41, 5.74) is 11.4. The minimum atomic E-state index is 0.409. The molecule has 4 N–H and O–H groups in total. The molecule has 0 spiro atoms. The summed E-state index contributed by atoms with van der Waals surface area (Å²) in [5, 5.41) is 0.895. The summed E-state index contributed by atoms with van der Waals surface area (Å²) >= 11 is 1.54. The zero-order chi connectivity index (χ0) is 7.56. The topological polar surface area (TPSA) is 64.9 Å². The van der Waals surface area contributed by atoms with Crippen molar-refractivity contribution in [3.8, 4) is 0 Å². The second-order valence-electron chi connectivity index (χ2n) is 1.83. The van der Waals surface area contributed by atoms with Crippen LogP contribution in [0.25, 0.3) is 0 Å². The van der Waals surface area contributed by atoms with Crippen LogP contribution in [0.3, 0.4) is 0 Å². The van der Waals surface area contributed by atoms with E-state index >= 15 is 0 Å². The number of hydrogen-bond acceptors (Lipinski definition) is 4. The van der Waals surface area contributed by atoms with E-state index in [2.05, 4.69) is 4.98 Å². The molecular formula is C6H9N3S. The summed E-state index contributed by atoms with van der Waals surface area (Å²) in [6.45, 7) is 0. The van der Waals surface area contributed by atoms with Gasteiger partial charge in [0.05, 0.1) is 10.7 Å². The van der Waals surface area contributed by atoms with E-state index in [-0.39, 0.29) is 0 Å². The number of rotatable bonds is 1. The van der Waals surface area contributed by atoms with Crippen LogP contribution in [0.4, 0.5) is 11.5 Å². The Labute approximate surface area is 63.8 Å². The second-order valence-corrected chi connectivity index (χ2v) is 2.65. The van der Waals surface area contributed by atoms with Gasteiger partial charge in [-0.2, -0.15) is 0 Å². The fraction of sp³-hybridized carbons (Fsp3) is 0.167. The summed E-state index contributed by atoms with van der Waals surface area (Å²) in [7, 11) is 0. The molecule has 1 heterocycles. The molecule has 0 fully saturated rings. The van der Waals surface area contributed by atoms with Crippen LogP contribution >= 0.6 is 11.8 Å². The molecule has 0 atom stereocenters. The Bertz CT molecular complexity index is 236. The Balaban J connectivity index is 3.04. The van der Waals surface area contributed by atoms with Gasteiger partial charge in [-0.05, 0) is 18.4 Å². The number of anilines is 2. The molecule has 0 aliphatic carbocycles. The lowest BCUT2D eigenvalue weighted by atomic mass is 10.4. The van der Waals surface area contributed by atoms with Crippen molar-refractivity contribution in [1.82, 2.24) is 4.98 Å². The molecule has 0 aromatic carbocycles. The van der Waals surface area contributed by atoms with Gasteiger partial charge in [0.1, 0.15) is 5.82 Å². The van der Waals surface area contributed by atoms with Crippen LogP contribution in [0.5, 0.6) is 0 Å². The third kappa shape index (κ3) is 1.33. The lowest BCUT2D eigenvalue weighted by Gasteiger charge is -1.99. The average molecular weight is 155 g/mol. The number of hydrogen-bond donors (Lipinski definition) is 2. The third-order valence-corrected chi connectivity index (χ3v) is 1.79. The molecule has 4 heteroatoms. The first-order valence-electron chi connectivity index (χ1n) is 2.80. The van der Waals surface area contributed by atoms with Crippen LogP contribution < -0.4 is 11.5 Å². The zero-order valence-corrected chi connectivity index (χ0v) is 6.48. The molecule has 10 heavy (non-hydrogen) atoms. The van der Waals surface area contributed by atoms with Crippen molar-refractivity contribution in [1.29, 1.82) is 0 Å². The molecule has 3 nitrogen and oxygen atoms in total. The molecule has 0 amide bonds. The number of pyridine rings is 1. The first-order valence-corrected chi connectivity index (χ1v) is 4.02. The maximum atomic E-state index is 5.45. The van der Waals surface area contributed by atoms with Crippen LogP contribution in [0, 0.1) is 0 Å². The van der Waals surface area contributed by atoms with E-state index in [0.717, 1.165) is 5.03 Å². The van der Waals surface area contributed by atoms with Gasteiger partial charge in [0.2, 0.25) is 0 Å². The molecule has 1 aromatic rings. The van der Waals surface area contributed by atoms with E-state index < -0.39 is 0 Å². The Morgan fingerprint density at radius 2 is 2.10 bits per heavy atom. The van der Waals surface area contributed by atoms with Crippen molar-refractivity contribution >= 4 is 23.3 Å². The van der Waals surface area contributed by atoms with Crippen LogP contribution in [0.2, 0.25) is 0 Å². The first kappa shape index (κ1) is 7.21. The molecule has 1 aromatic heterocycles. The lowest BCUT2D eigenvalue weighted by molar-refractivity contribution is 1.15. The van der Waals surface area contributed by atoms with Gasteiger partial charge in [0.25, 0.3) is 0 Å². The Hall–Kier alpha value is -0.900. The summed E-state index contributed by atoms with van der Waals surface area (Å²) < 4.78 is 0. The van der Waals surface area contributed by atoms with Gasteiger partial charge in [-0.25, -0.2) is 4.98 Å². The van der Waals surface area contributed by atoms with E-state index in [1.54, 1.807) is 17.8 Å². The first-order chi connectivity index (χ1) is 4.74. The van der Waals surface area contributed by atoms with Gasteiger partial charge in [0, 0.05) is 0 Å². The van der Waals surface area contributed by atoms with Crippen LogP contribution in [-0.4, -0.2) is 11.2 Å². The highest BCUT2D eigenvalue weighted by Crippen LogP contribution is 2.17. The predicted molar refractivity (Wildman–Crippen MR) is 44.8 cm³/mol. The van der Waals surface area contributed by atoms with E-state index in [9.17, 15) is 0 Å². The molecule has 0 radical (unpaired) electrons. The standard InChI is InChI=1S/C6H9N3S/c1-10-5-3-2-4(7)6(8)9-5/h2-3H,7H2,1H3,(H2,8,9). The van der Waals surface area contributed by atoms with Crippen molar-refractivity contribution in [3.63, 3.8) is 0 Å². The molecule has 0 saturated carbocycles. The van der Waals surface area contributed by atoms with Gasteiger partial charge >= 0.3 is 0 Å². The summed E-state index contributed by atoms with van der Waals surface area (Å²) in [4.78, 5) is 4.01. The minimum absolute atomic E-state index is 0.409. The molecule has 1 rings (SSSR count). The Morgan fingerprint density at radius 1 is 1.40 bits per heavy atom. The second kappa shape index (κ2) is 2.79.